The zero-order valence-corrected chi connectivity index (χ0v) is 23.6. The van der Waals surface area contributed by atoms with Crippen molar-refractivity contribution < 1.29 is 8.42 Å². The van der Waals surface area contributed by atoms with Crippen molar-refractivity contribution in [3.63, 3.8) is 0 Å². The van der Waals surface area contributed by atoms with Crippen molar-refractivity contribution >= 4 is 44.1 Å². The molecule has 2 fully saturated rings. The average Bonchev–Trinajstić information content (AvgIpc) is 2.91. The summed E-state index contributed by atoms with van der Waals surface area (Å²) >= 11 is 6.12. The highest BCUT2D eigenvalue weighted by atomic mass is 35.5. The van der Waals surface area contributed by atoms with Crippen LogP contribution in [0.2, 0.25) is 5.02 Å². The minimum Gasteiger partial charge on any atom is -0.324 e. The Labute approximate surface area is 228 Å². The molecule has 0 unspecified atom stereocenters. The van der Waals surface area contributed by atoms with Crippen LogP contribution in [0.15, 0.2) is 40.2 Å². The molecule has 9 nitrogen and oxygen atoms in total. The Morgan fingerprint density at radius 1 is 1.11 bits per heavy atom. The summed E-state index contributed by atoms with van der Waals surface area (Å²) in [4.78, 5) is 24.4. The average molecular weight is 559 g/mol. The van der Waals surface area contributed by atoms with Crippen molar-refractivity contribution in [1.82, 2.24) is 24.8 Å². The number of rotatable bonds is 6. The van der Waals surface area contributed by atoms with Crippen LogP contribution < -0.4 is 16.2 Å². The van der Waals surface area contributed by atoms with Crippen LogP contribution >= 0.6 is 11.6 Å². The second kappa shape index (κ2) is 10.9. The monoisotopic (exact) mass is 558 g/mol. The van der Waals surface area contributed by atoms with Gasteiger partial charge in [-0.05, 0) is 102 Å². The molecule has 0 saturated carbocycles. The molecule has 0 spiro atoms. The van der Waals surface area contributed by atoms with E-state index in [-0.39, 0.29) is 21.9 Å². The van der Waals surface area contributed by atoms with Crippen molar-refractivity contribution in [3.8, 4) is 0 Å². The van der Waals surface area contributed by atoms with Crippen molar-refractivity contribution in [2.45, 2.75) is 68.7 Å². The molecule has 1 aromatic carbocycles. The molecular formula is C27H35ClN6O3S. The molecule has 3 aromatic rings. The molecule has 0 amide bonds. The van der Waals surface area contributed by atoms with Gasteiger partial charge in [-0.25, -0.2) is 13.4 Å². The van der Waals surface area contributed by atoms with Crippen LogP contribution in [-0.4, -0.2) is 65.3 Å². The number of hydrogen-bond donors (Lipinski definition) is 2. The van der Waals surface area contributed by atoms with Crippen LogP contribution in [-0.2, 0) is 9.84 Å². The van der Waals surface area contributed by atoms with Gasteiger partial charge in [0, 0.05) is 29.4 Å². The van der Waals surface area contributed by atoms with Gasteiger partial charge in [-0.1, -0.05) is 11.6 Å². The van der Waals surface area contributed by atoms with Gasteiger partial charge in [-0.15, -0.1) is 0 Å². The lowest BCUT2D eigenvalue weighted by atomic mass is 10.0. The first kappa shape index (κ1) is 27.1. The highest BCUT2D eigenvalue weighted by Crippen LogP contribution is 2.30. The number of fused-ring (bicyclic) bond motifs is 1. The van der Waals surface area contributed by atoms with E-state index < -0.39 is 9.84 Å². The summed E-state index contributed by atoms with van der Waals surface area (Å²) in [5.41, 5.74) is 1.67. The number of halogens is 1. The molecule has 2 aliphatic heterocycles. The maximum Gasteiger partial charge on any atom is 0.271 e. The second-order valence-corrected chi connectivity index (χ2v) is 13.2. The Kier molecular flexibility index (Phi) is 7.77. The van der Waals surface area contributed by atoms with Crippen molar-refractivity contribution in [1.29, 1.82) is 0 Å². The number of hydrogen-bond acceptors (Lipinski definition) is 8. The number of anilines is 2. The fourth-order valence-electron chi connectivity index (χ4n) is 5.62. The molecule has 11 heteroatoms. The van der Waals surface area contributed by atoms with E-state index in [1.165, 1.54) is 0 Å². The van der Waals surface area contributed by atoms with Crippen molar-refractivity contribution in [3.05, 3.63) is 51.4 Å². The summed E-state index contributed by atoms with van der Waals surface area (Å²) in [7, 11) is -3.43. The topological polar surface area (TPSA) is 109 Å². The SMILES string of the molecule is Cc1cc(S(=O)(=O)C2CCN(C3CCNCC3)CC2)ccc1Nc1ncc2cc(Cl)c(=O)n(C(C)C)c2n1. The molecule has 2 aliphatic rings. The molecule has 0 atom stereocenters. The number of pyridine rings is 1. The van der Waals surface area contributed by atoms with Crippen LogP contribution in [0, 0.1) is 6.92 Å². The smallest absolute Gasteiger partial charge is 0.271 e. The normalized spacial score (nSPS) is 18.3. The van der Waals surface area contributed by atoms with Crippen LogP contribution in [0.5, 0.6) is 0 Å². The van der Waals surface area contributed by atoms with Crippen LogP contribution in [0.1, 0.15) is 51.1 Å². The minimum atomic E-state index is -3.43. The summed E-state index contributed by atoms with van der Waals surface area (Å²) in [5, 5.41) is 7.02. The molecule has 2 saturated heterocycles. The lowest BCUT2D eigenvalue weighted by molar-refractivity contribution is 0.137. The van der Waals surface area contributed by atoms with Gasteiger partial charge in [-0.2, -0.15) is 4.98 Å². The second-order valence-electron chi connectivity index (χ2n) is 10.6. The number of piperidine rings is 2. The predicted molar refractivity (Wildman–Crippen MR) is 151 cm³/mol. The molecule has 38 heavy (non-hydrogen) atoms. The number of aryl methyl sites for hydroxylation is 1. The highest BCUT2D eigenvalue weighted by Gasteiger charge is 2.34. The highest BCUT2D eigenvalue weighted by molar-refractivity contribution is 7.92. The van der Waals surface area contributed by atoms with Gasteiger partial charge >= 0.3 is 0 Å². The zero-order chi connectivity index (χ0) is 27.0. The van der Waals surface area contributed by atoms with Gasteiger partial charge < -0.3 is 15.5 Å². The third-order valence-corrected chi connectivity index (χ3v) is 10.3. The van der Waals surface area contributed by atoms with E-state index in [0.717, 1.165) is 44.6 Å². The molecule has 2 N–H and O–H groups in total. The Hall–Kier alpha value is -2.53. The number of aromatic nitrogens is 3. The lowest BCUT2D eigenvalue weighted by Gasteiger charge is -2.39. The van der Waals surface area contributed by atoms with Crippen LogP contribution in [0.25, 0.3) is 11.0 Å². The molecule has 204 valence electrons. The number of nitrogens with one attached hydrogen (secondary N) is 2. The van der Waals surface area contributed by atoms with Gasteiger partial charge in [0.2, 0.25) is 5.95 Å². The number of sulfone groups is 1. The van der Waals surface area contributed by atoms with E-state index in [4.69, 9.17) is 11.6 Å². The summed E-state index contributed by atoms with van der Waals surface area (Å²) in [6.07, 6.45) is 5.22. The maximum absolute atomic E-state index is 13.5. The molecule has 0 aliphatic carbocycles. The van der Waals surface area contributed by atoms with Gasteiger partial charge in [0.25, 0.3) is 5.56 Å². The molecule has 4 heterocycles. The first-order chi connectivity index (χ1) is 18.1. The first-order valence-corrected chi connectivity index (χ1v) is 15.2. The predicted octanol–water partition coefficient (Wildman–Crippen LogP) is 4.07. The molecule has 2 aromatic heterocycles. The standard InChI is InChI=1S/C27H35ClN6O3S/c1-17(2)34-25-19(15-23(28)26(34)35)16-30-27(32-25)31-24-5-4-22(14-18(24)3)38(36,37)21-8-12-33(13-9-21)20-6-10-29-11-7-20/h4-5,14-17,20-21,29H,6-13H2,1-3H3,(H,30,31,32). The van der Waals surface area contributed by atoms with Gasteiger partial charge in [0.15, 0.2) is 9.84 Å². The van der Waals surface area contributed by atoms with E-state index in [1.54, 1.807) is 35.0 Å². The van der Waals surface area contributed by atoms with Crippen LogP contribution in [0.4, 0.5) is 11.6 Å². The molecule has 0 bridgehead atoms. The number of likely N-dealkylation sites (tertiary alicyclic amines) is 1. The number of nitrogens with zero attached hydrogens (tertiary/aromatic N) is 4. The van der Waals surface area contributed by atoms with Gasteiger partial charge in [0.05, 0.1) is 10.1 Å². The Bertz CT molecular complexity index is 1490. The molecular weight excluding hydrogens is 524 g/mol. The number of benzene rings is 1. The largest absolute Gasteiger partial charge is 0.324 e. The van der Waals surface area contributed by atoms with Gasteiger partial charge in [0.1, 0.15) is 10.7 Å². The van der Waals surface area contributed by atoms with E-state index in [1.807, 2.05) is 20.8 Å². The Balaban J connectivity index is 1.33. The van der Waals surface area contributed by atoms with E-state index >= 15 is 0 Å². The zero-order valence-electron chi connectivity index (χ0n) is 22.1. The molecule has 0 radical (unpaired) electrons. The van der Waals surface area contributed by atoms with E-state index in [9.17, 15) is 13.2 Å². The lowest BCUT2D eigenvalue weighted by Crippen LogP contribution is -2.48. The third kappa shape index (κ3) is 5.32. The van der Waals surface area contributed by atoms with Crippen molar-refractivity contribution in [2.24, 2.45) is 0 Å². The van der Waals surface area contributed by atoms with Crippen molar-refractivity contribution in [2.75, 3.05) is 31.5 Å². The van der Waals surface area contributed by atoms with Crippen LogP contribution in [0.3, 0.4) is 0 Å². The summed E-state index contributed by atoms with van der Waals surface area (Å²) in [5.74, 6) is 0.317. The Morgan fingerprint density at radius 3 is 2.47 bits per heavy atom. The summed E-state index contributed by atoms with van der Waals surface area (Å²) < 4.78 is 28.5. The fourth-order valence-corrected chi connectivity index (χ4v) is 7.64. The summed E-state index contributed by atoms with van der Waals surface area (Å²) in [6.45, 7) is 9.40. The van der Waals surface area contributed by atoms with E-state index in [0.29, 0.717) is 46.4 Å². The summed E-state index contributed by atoms with van der Waals surface area (Å²) in [6, 6.07) is 7.15. The van der Waals surface area contributed by atoms with E-state index in [2.05, 4.69) is 25.5 Å². The van der Waals surface area contributed by atoms with Gasteiger partial charge in [-0.3, -0.25) is 9.36 Å². The first-order valence-electron chi connectivity index (χ1n) is 13.3. The molecule has 5 rings (SSSR count). The quantitative estimate of drug-likeness (QED) is 0.466. The fraction of sp³-hybridized carbons (Fsp3) is 0.519. The third-order valence-electron chi connectivity index (χ3n) is 7.76. The minimum absolute atomic E-state index is 0.125. The Morgan fingerprint density at radius 2 is 1.82 bits per heavy atom. The maximum atomic E-state index is 13.5.